The van der Waals surface area contributed by atoms with Crippen molar-refractivity contribution in [2.45, 2.75) is 110 Å². The second kappa shape index (κ2) is 20.5. The van der Waals surface area contributed by atoms with Gasteiger partial charge in [-0.25, -0.2) is 9.46 Å². The van der Waals surface area contributed by atoms with Gasteiger partial charge in [0.1, 0.15) is 18.7 Å². The second-order valence-corrected chi connectivity index (χ2v) is 15.0. The summed E-state index contributed by atoms with van der Waals surface area (Å²) in [4.78, 5) is 51.8. The maximum atomic E-state index is 13.8. The van der Waals surface area contributed by atoms with E-state index < -0.39 is 61.3 Å². The summed E-state index contributed by atoms with van der Waals surface area (Å²) in [5.41, 5.74) is -0.830. The van der Waals surface area contributed by atoms with Crippen molar-refractivity contribution >= 4 is 32.2 Å². The Labute approximate surface area is 305 Å². The van der Waals surface area contributed by atoms with Gasteiger partial charge in [-0.3, -0.25) is 14.4 Å². The number of hydrogen-bond donors (Lipinski definition) is 3. The number of ether oxygens (including phenoxy) is 1. The Morgan fingerprint density at radius 1 is 0.981 bits per heavy atom. The molecule has 5 unspecified atom stereocenters. The highest BCUT2D eigenvalue weighted by molar-refractivity contribution is 7.44. The van der Waals surface area contributed by atoms with Crippen LogP contribution >= 0.6 is 8.53 Å². The number of alkyl halides is 3. The molecule has 12 nitrogen and oxygen atoms in total. The second-order valence-electron chi connectivity index (χ2n) is 13.6. The van der Waals surface area contributed by atoms with Crippen LogP contribution in [0.4, 0.5) is 13.2 Å². The summed E-state index contributed by atoms with van der Waals surface area (Å²) in [6.45, 7) is 11.0. The predicted octanol–water partition coefficient (Wildman–Crippen LogP) is 4.93. The largest absolute Gasteiger partial charge is 0.471 e. The third-order valence-electron chi connectivity index (χ3n) is 8.78. The summed E-state index contributed by atoms with van der Waals surface area (Å²) >= 11 is 0. The molecule has 0 bridgehead atoms. The molecule has 1 aromatic carbocycles. The lowest BCUT2D eigenvalue weighted by atomic mass is 9.95. The minimum absolute atomic E-state index is 0.0370. The Morgan fingerprint density at radius 3 is 2.17 bits per heavy atom. The van der Waals surface area contributed by atoms with Crippen molar-refractivity contribution in [3.63, 3.8) is 0 Å². The minimum Gasteiger partial charge on any atom is -0.462 e. The number of terminal acetylenes is 1. The lowest BCUT2D eigenvalue weighted by Gasteiger charge is -2.35. The van der Waals surface area contributed by atoms with Gasteiger partial charge in [-0.1, -0.05) is 36.3 Å². The smallest absolute Gasteiger partial charge is 0.462 e. The average molecular weight is 754 g/mol. The molecule has 288 valence electrons. The zero-order valence-electron chi connectivity index (χ0n) is 30.7. The fourth-order valence-corrected chi connectivity index (χ4v) is 7.12. The molecule has 0 saturated heterocycles. The molecular formula is C36H51F3N5O7P. The van der Waals surface area contributed by atoms with E-state index in [-0.39, 0.29) is 70.6 Å². The van der Waals surface area contributed by atoms with E-state index in [1.54, 1.807) is 49.5 Å². The molecule has 0 radical (unpaired) electrons. The highest BCUT2D eigenvalue weighted by Crippen LogP contribution is 2.63. The number of benzene rings is 1. The molecule has 16 heteroatoms. The molecule has 3 amide bonds. The molecule has 0 spiro atoms. The number of carbonyl (C=O) groups excluding carboxylic acids is 4. The van der Waals surface area contributed by atoms with Crippen molar-refractivity contribution in [1.82, 2.24) is 20.6 Å². The number of esters is 1. The Balaban J connectivity index is 2.18. The standard InChI is InChI=1S/C36H51F3N5O7P/c1-8-34(6)24-35(34,7)32(47)43-29(23-27-15-10-9-11-16-27)30(45)42-28(17-12-13-19-41-33(48)36(37,38)39)31(46)49-21-22-51-52(50-20-14-18-40)44(25(2)3)26(4)5/h1,9-11,15-16,25-26,28-29H,12-14,17,19-24H2,2-7H3,(H,41,48)(H,42,45)(H,43,47). The topological polar surface area (TPSA) is 159 Å². The molecule has 3 N–H and O–H groups in total. The van der Waals surface area contributed by atoms with Crippen LogP contribution in [-0.4, -0.2) is 85.1 Å². The summed E-state index contributed by atoms with van der Waals surface area (Å²) in [5.74, 6) is -1.34. The van der Waals surface area contributed by atoms with Crippen LogP contribution in [0.1, 0.15) is 79.2 Å². The average Bonchev–Trinajstić information content (AvgIpc) is 3.66. The van der Waals surface area contributed by atoms with Gasteiger partial charge in [0, 0.05) is 30.5 Å². The lowest BCUT2D eigenvalue weighted by molar-refractivity contribution is -0.173. The molecule has 2 rings (SSSR count). The molecule has 52 heavy (non-hydrogen) atoms. The van der Waals surface area contributed by atoms with E-state index in [9.17, 15) is 32.3 Å². The van der Waals surface area contributed by atoms with Crippen LogP contribution in [0.25, 0.3) is 0 Å². The first kappa shape index (κ1) is 44.4. The first-order valence-corrected chi connectivity index (χ1v) is 18.4. The van der Waals surface area contributed by atoms with Gasteiger partial charge in [0.25, 0.3) is 8.53 Å². The molecule has 1 saturated carbocycles. The van der Waals surface area contributed by atoms with Gasteiger partial charge in [0.05, 0.1) is 31.1 Å². The normalized spacial score (nSPS) is 20.0. The number of carbonyl (C=O) groups is 4. The molecule has 1 aliphatic carbocycles. The highest BCUT2D eigenvalue weighted by Gasteiger charge is 2.65. The highest BCUT2D eigenvalue weighted by atomic mass is 31.2. The van der Waals surface area contributed by atoms with Crippen LogP contribution in [0.2, 0.25) is 0 Å². The Hall–Kier alpha value is -3.75. The summed E-state index contributed by atoms with van der Waals surface area (Å²) < 4.78 is 57.1. The lowest BCUT2D eigenvalue weighted by Crippen LogP contribution is -2.54. The Kier molecular flexibility index (Phi) is 17.5. The van der Waals surface area contributed by atoms with Crippen molar-refractivity contribution in [2.75, 3.05) is 26.4 Å². The number of rotatable bonds is 22. The molecule has 1 fully saturated rings. The first-order chi connectivity index (χ1) is 24.4. The number of nitriles is 1. The molecule has 0 aromatic heterocycles. The molecule has 0 aliphatic heterocycles. The fraction of sp³-hybridized carbons (Fsp3) is 0.639. The maximum absolute atomic E-state index is 13.8. The number of hydrogen-bond acceptors (Lipinski definition) is 9. The molecule has 0 heterocycles. The van der Waals surface area contributed by atoms with Crippen LogP contribution < -0.4 is 16.0 Å². The Bertz CT molecular complexity index is 1430. The van der Waals surface area contributed by atoms with Crippen molar-refractivity contribution in [3.8, 4) is 18.4 Å². The van der Waals surface area contributed by atoms with E-state index in [4.69, 9.17) is 25.5 Å². The van der Waals surface area contributed by atoms with Gasteiger partial charge >= 0.3 is 18.1 Å². The molecule has 5 atom stereocenters. The summed E-state index contributed by atoms with van der Waals surface area (Å²) in [6.07, 6.45) is 1.50. The molecular weight excluding hydrogens is 702 g/mol. The van der Waals surface area contributed by atoms with Crippen molar-refractivity contribution in [3.05, 3.63) is 35.9 Å². The maximum Gasteiger partial charge on any atom is 0.471 e. The summed E-state index contributed by atoms with van der Waals surface area (Å²) in [7, 11) is -1.60. The SMILES string of the molecule is C#CC1(C)CC1(C)C(=O)NC(Cc1ccccc1)C(=O)NC(CCCCNC(=O)C(F)(F)F)C(=O)OCCOP(OCCC#N)N(C(C)C)C(C)C. The van der Waals surface area contributed by atoms with E-state index in [0.29, 0.717) is 6.42 Å². The Morgan fingerprint density at radius 2 is 1.62 bits per heavy atom. The number of nitrogens with zero attached hydrogens (tertiary/aromatic N) is 2. The van der Waals surface area contributed by atoms with E-state index >= 15 is 0 Å². The quantitative estimate of drug-likeness (QED) is 0.0646. The van der Waals surface area contributed by atoms with E-state index in [0.717, 1.165) is 5.56 Å². The summed E-state index contributed by atoms with van der Waals surface area (Å²) in [6, 6.07) is 8.71. The van der Waals surface area contributed by atoms with Crippen molar-refractivity contribution in [2.24, 2.45) is 10.8 Å². The first-order valence-electron chi connectivity index (χ1n) is 17.3. The fourth-order valence-electron chi connectivity index (χ4n) is 5.55. The third kappa shape index (κ3) is 13.3. The number of nitrogens with one attached hydrogen (secondary N) is 3. The predicted molar refractivity (Wildman–Crippen MR) is 189 cm³/mol. The van der Waals surface area contributed by atoms with Gasteiger partial charge in [0.2, 0.25) is 11.8 Å². The van der Waals surface area contributed by atoms with E-state index in [1.165, 1.54) is 0 Å². The van der Waals surface area contributed by atoms with Gasteiger partial charge in [0.15, 0.2) is 0 Å². The van der Waals surface area contributed by atoms with Crippen LogP contribution in [-0.2, 0) is 39.4 Å². The molecule has 1 aromatic rings. The van der Waals surface area contributed by atoms with Crippen LogP contribution in [0.15, 0.2) is 30.3 Å². The minimum atomic E-state index is -5.03. The van der Waals surface area contributed by atoms with Gasteiger partial charge < -0.3 is 29.7 Å². The molecule has 1 aliphatic rings. The van der Waals surface area contributed by atoms with Gasteiger partial charge in [-0.2, -0.15) is 18.4 Å². The van der Waals surface area contributed by atoms with Crippen LogP contribution in [0, 0.1) is 34.5 Å². The van der Waals surface area contributed by atoms with E-state index in [2.05, 4.69) is 16.6 Å². The van der Waals surface area contributed by atoms with Crippen molar-refractivity contribution < 1.29 is 46.1 Å². The number of amides is 3. The van der Waals surface area contributed by atoms with Gasteiger partial charge in [-0.05, 0) is 72.8 Å². The summed E-state index contributed by atoms with van der Waals surface area (Å²) in [5, 5.41) is 16.2. The van der Waals surface area contributed by atoms with Crippen molar-refractivity contribution in [1.29, 1.82) is 5.26 Å². The third-order valence-corrected chi connectivity index (χ3v) is 10.9. The number of unbranched alkanes of at least 4 members (excludes halogenated alkanes) is 1. The zero-order valence-corrected chi connectivity index (χ0v) is 31.6. The van der Waals surface area contributed by atoms with Crippen LogP contribution in [0.3, 0.4) is 0 Å². The van der Waals surface area contributed by atoms with Crippen LogP contribution in [0.5, 0.6) is 0 Å². The van der Waals surface area contributed by atoms with Gasteiger partial charge in [-0.15, -0.1) is 6.42 Å². The number of halogens is 3. The van der Waals surface area contributed by atoms with E-state index in [1.807, 2.05) is 38.4 Å². The zero-order chi connectivity index (χ0) is 39.1. The monoisotopic (exact) mass is 753 g/mol.